The predicted octanol–water partition coefficient (Wildman–Crippen LogP) is 5.28. The van der Waals surface area contributed by atoms with E-state index in [0.717, 1.165) is 41.6 Å². The zero-order valence-electron chi connectivity index (χ0n) is 17.9. The average molecular weight is 394 g/mol. The van der Waals surface area contributed by atoms with Crippen molar-refractivity contribution in [3.05, 3.63) is 59.2 Å². The van der Waals surface area contributed by atoms with Gasteiger partial charge in [0.15, 0.2) is 0 Å². The summed E-state index contributed by atoms with van der Waals surface area (Å²) >= 11 is 0. The van der Waals surface area contributed by atoms with Gasteiger partial charge in [-0.2, -0.15) is 0 Å². The highest BCUT2D eigenvalue weighted by atomic mass is 16.5. The van der Waals surface area contributed by atoms with Crippen LogP contribution in [-0.4, -0.2) is 18.4 Å². The van der Waals surface area contributed by atoms with Gasteiger partial charge in [-0.15, -0.1) is 0 Å². The molecule has 1 heterocycles. The van der Waals surface area contributed by atoms with E-state index in [2.05, 4.69) is 39.8 Å². The van der Waals surface area contributed by atoms with Gasteiger partial charge < -0.3 is 9.64 Å². The van der Waals surface area contributed by atoms with Gasteiger partial charge in [-0.25, -0.2) is 0 Å². The molecule has 3 rings (SSSR count). The number of rotatable bonds is 7. The Bertz CT molecular complexity index is 867. The molecule has 154 valence electrons. The molecule has 4 nitrogen and oxygen atoms in total. The minimum atomic E-state index is -0.442. The van der Waals surface area contributed by atoms with Gasteiger partial charge in [-0.3, -0.25) is 9.59 Å². The summed E-state index contributed by atoms with van der Waals surface area (Å²) in [5.74, 6) is 0.161. The van der Waals surface area contributed by atoms with Crippen molar-refractivity contribution in [1.29, 1.82) is 0 Å². The number of aryl methyl sites for hydroxylation is 2. The molecule has 0 spiro atoms. The molecule has 0 unspecified atom stereocenters. The number of nitrogens with zero attached hydrogens (tertiary/aromatic N) is 1. The number of amides is 1. The van der Waals surface area contributed by atoms with E-state index in [9.17, 15) is 9.59 Å². The van der Waals surface area contributed by atoms with E-state index in [1.54, 1.807) is 4.90 Å². The lowest BCUT2D eigenvalue weighted by Gasteiger charge is -2.23. The van der Waals surface area contributed by atoms with Crippen LogP contribution < -0.4 is 9.64 Å². The molecular formula is C25H31NO3. The molecular weight excluding hydrogens is 362 g/mol. The van der Waals surface area contributed by atoms with Crippen LogP contribution in [-0.2, 0) is 22.4 Å². The van der Waals surface area contributed by atoms with E-state index < -0.39 is 5.92 Å². The Morgan fingerprint density at radius 2 is 1.72 bits per heavy atom. The first-order valence-electron chi connectivity index (χ1n) is 10.7. The summed E-state index contributed by atoms with van der Waals surface area (Å²) in [6, 6.07) is 13.9. The first kappa shape index (κ1) is 21.1. The number of carbonyl (C=O) groups is 2. The van der Waals surface area contributed by atoms with Crippen molar-refractivity contribution < 1.29 is 14.3 Å². The lowest BCUT2D eigenvalue weighted by molar-refractivity contribution is -0.139. The van der Waals surface area contributed by atoms with Gasteiger partial charge in [0.25, 0.3) is 0 Å². The summed E-state index contributed by atoms with van der Waals surface area (Å²) in [7, 11) is 0. The van der Waals surface area contributed by atoms with Crippen LogP contribution in [0.5, 0.6) is 5.75 Å². The number of carbonyl (C=O) groups excluding carboxylic acids is 2. The fourth-order valence-electron chi connectivity index (χ4n) is 4.04. The lowest BCUT2D eigenvalue weighted by atomic mass is 9.98. The number of esters is 1. The number of benzene rings is 2. The van der Waals surface area contributed by atoms with Crippen LogP contribution in [0.1, 0.15) is 63.1 Å². The number of para-hydroxylation sites is 2. The van der Waals surface area contributed by atoms with Crippen LogP contribution in [0, 0.1) is 5.92 Å². The molecule has 0 aliphatic carbocycles. The molecule has 0 bridgehead atoms. The third-order valence-corrected chi connectivity index (χ3v) is 5.97. The lowest BCUT2D eigenvalue weighted by Crippen LogP contribution is -2.29. The zero-order chi connectivity index (χ0) is 21.0. The van der Waals surface area contributed by atoms with Crippen molar-refractivity contribution in [2.24, 2.45) is 5.92 Å². The number of hydrogen-bond acceptors (Lipinski definition) is 3. The largest absolute Gasteiger partial charge is 0.426 e. The van der Waals surface area contributed by atoms with Gasteiger partial charge in [0.05, 0.1) is 5.92 Å². The first-order valence-corrected chi connectivity index (χ1v) is 10.7. The van der Waals surface area contributed by atoms with E-state index >= 15 is 0 Å². The minimum Gasteiger partial charge on any atom is -0.426 e. The van der Waals surface area contributed by atoms with Gasteiger partial charge in [0.2, 0.25) is 5.91 Å². The van der Waals surface area contributed by atoms with Gasteiger partial charge in [0, 0.05) is 18.7 Å². The van der Waals surface area contributed by atoms with Crippen molar-refractivity contribution >= 4 is 17.6 Å². The molecule has 1 saturated heterocycles. The number of anilines is 1. The molecule has 1 fully saturated rings. The van der Waals surface area contributed by atoms with Crippen molar-refractivity contribution in [3.8, 4) is 5.75 Å². The smallest absolute Gasteiger partial charge is 0.316 e. The van der Waals surface area contributed by atoms with E-state index in [1.165, 1.54) is 0 Å². The Balaban J connectivity index is 1.81. The van der Waals surface area contributed by atoms with Gasteiger partial charge in [-0.1, -0.05) is 64.1 Å². The van der Waals surface area contributed by atoms with Crippen LogP contribution in [0.3, 0.4) is 0 Å². The third-order valence-electron chi connectivity index (χ3n) is 5.97. The van der Waals surface area contributed by atoms with Crippen molar-refractivity contribution in [1.82, 2.24) is 0 Å². The highest BCUT2D eigenvalue weighted by molar-refractivity contribution is 6.01. The topological polar surface area (TPSA) is 46.6 Å². The second-order valence-corrected chi connectivity index (χ2v) is 7.81. The monoisotopic (exact) mass is 393 g/mol. The summed E-state index contributed by atoms with van der Waals surface area (Å²) in [5.41, 5.74) is 4.31. The molecule has 2 aromatic rings. The van der Waals surface area contributed by atoms with E-state index in [0.29, 0.717) is 18.2 Å². The second-order valence-electron chi connectivity index (χ2n) is 7.81. The molecule has 4 heteroatoms. The summed E-state index contributed by atoms with van der Waals surface area (Å²) < 4.78 is 5.78. The fraction of sp³-hybridized carbons (Fsp3) is 0.440. The summed E-state index contributed by atoms with van der Waals surface area (Å²) in [6.45, 7) is 8.81. The maximum atomic E-state index is 12.9. The maximum Gasteiger partial charge on any atom is 0.316 e. The van der Waals surface area contributed by atoms with Crippen LogP contribution in [0.4, 0.5) is 5.69 Å². The molecule has 0 saturated carbocycles. The van der Waals surface area contributed by atoms with Crippen molar-refractivity contribution in [2.45, 2.75) is 59.3 Å². The van der Waals surface area contributed by atoms with Crippen LogP contribution in [0.25, 0.3) is 0 Å². The van der Waals surface area contributed by atoms with Crippen molar-refractivity contribution in [3.63, 3.8) is 0 Å². The minimum absolute atomic E-state index is 0.00207. The highest BCUT2D eigenvalue weighted by Gasteiger charge is 2.38. The van der Waals surface area contributed by atoms with Crippen LogP contribution in [0.15, 0.2) is 42.5 Å². The van der Waals surface area contributed by atoms with Gasteiger partial charge in [-0.05, 0) is 47.9 Å². The van der Waals surface area contributed by atoms with E-state index in [-0.39, 0.29) is 18.3 Å². The highest BCUT2D eigenvalue weighted by Crippen LogP contribution is 2.34. The summed E-state index contributed by atoms with van der Waals surface area (Å²) in [4.78, 5) is 27.5. The molecule has 0 radical (unpaired) electrons. The fourth-order valence-corrected chi connectivity index (χ4v) is 4.04. The van der Waals surface area contributed by atoms with Gasteiger partial charge in [0.1, 0.15) is 5.75 Å². The van der Waals surface area contributed by atoms with Gasteiger partial charge >= 0.3 is 5.97 Å². The number of hydrogen-bond donors (Lipinski definition) is 0. The molecule has 1 amide bonds. The molecule has 0 N–H and O–H groups in total. The second kappa shape index (κ2) is 9.25. The van der Waals surface area contributed by atoms with E-state index in [4.69, 9.17) is 4.74 Å². The molecule has 2 aromatic carbocycles. The normalized spacial score (nSPS) is 17.4. The average Bonchev–Trinajstić information content (AvgIpc) is 3.14. The van der Waals surface area contributed by atoms with Crippen LogP contribution >= 0.6 is 0 Å². The Morgan fingerprint density at radius 3 is 2.34 bits per heavy atom. The van der Waals surface area contributed by atoms with Crippen molar-refractivity contribution in [2.75, 3.05) is 11.4 Å². The molecule has 0 aromatic heterocycles. The predicted molar refractivity (Wildman–Crippen MR) is 116 cm³/mol. The summed E-state index contributed by atoms with van der Waals surface area (Å²) in [5, 5.41) is 0. The third kappa shape index (κ3) is 4.36. The molecule has 2 atom stereocenters. The quantitative estimate of drug-likeness (QED) is 0.475. The Labute approximate surface area is 173 Å². The first-order chi connectivity index (χ1) is 14.0. The molecule has 1 aliphatic rings. The SMILES string of the molecule is CCc1cccc(CC)c1N1C[C@H](C(=O)Oc2ccccc2[C@@H](C)CC)CC1=O. The van der Waals surface area contributed by atoms with Crippen LogP contribution in [0.2, 0.25) is 0 Å². The molecule has 1 aliphatic heterocycles. The standard InChI is InChI=1S/C25H31NO3/c1-5-17(4)21-13-8-9-14-22(21)29-25(28)20-15-23(27)26(16-20)24-18(6-2)11-10-12-19(24)7-3/h8-14,17,20H,5-7,15-16H2,1-4H3/t17-,20+/m0/s1. The summed E-state index contributed by atoms with van der Waals surface area (Å²) in [6.07, 6.45) is 2.87. The Kier molecular flexibility index (Phi) is 6.73. The maximum absolute atomic E-state index is 12.9. The van der Waals surface area contributed by atoms with E-state index in [1.807, 2.05) is 30.3 Å². The Morgan fingerprint density at radius 1 is 1.07 bits per heavy atom. The zero-order valence-corrected chi connectivity index (χ0v) is 17.9. The number of ether oxygens (including phenoxy) is 1. The Hall–Kier alpha value is -2.62. The molecule has 29 heavy (non-hydrogen) atoms.